The zero-order valence-corrected chi connectivity index (χ0v) is 13.1. The van der Waals surface area contributed by atoms with E-state index in [1.54, 1.807) is 11.0 Å². The Morgan fingerprint density at radius 2 is 2.10 bits per heavy atom. The van der Waals surface area contributed by atoms with Crippen LogP contribution >= 0.6 is 22.9 Å². The fraction of sp³-hybridized carbons (Fsp3) is 0.267. The van der Waals surface area contributed by atoms with Gasteiger partial charge in [0.1, 0.15) is 4.88 Å². The first-order valence-electron chi connectivity index (χ1n) is 6.46. The van der Waals surface area contributed by atoms with Gasteiger partial charge in [-0.1, -0.05) is 30.7 Å². The third-order valence-corrected chi connectivity index (χ3v) is 4.70. The van der Waals surface area contributed by atoms with Gasteiger partial charge in [0.25, 0.3) is 5.91 Å². The van der Waals surface area contributed by atoms with Crippen molar-refractivity contribution in [1.29, 1.82) is 0 Å². The Hall–Kier alpha value is -1.52. The largest absolute Gasteiger partial charge is 0.397 e. The van der Waals surface area contributed by atoms with Crippen molar-refractivity contribution in [2.24, 2.45) is 0 Å². The molecule has 2 aromatic rings. The number of carbonyl (C=O) groups excluding carboxylic acids is 1. The molecule has 3 nitrogen and oxygen atoms in total. The van der Waals surface area contributed by atoms with Crippen molar-refractivity contribution in [2.75, 3.05) is 17.2 Å². The summed E-state index contributed by atoms with van der Waals surface area (Å²) in [5.74, 6) is -0.0900. The van der Waals surface area contributed by atoms with Gasteiger partial charge >= 0.3 is 0 Å². The summed E-state index contributed by atoms with van der Waals surface area (Å²) in [5, 5.41) is 2.43. The van der Waals surface area contributed by atoms with Gasteiger partial charge in [0, 0.05) is 6.54 Å². The molecule has 0 bridgehead atoms. The maximum atomic E-state index is 12.7. The molecule has 0 saturated heterocycles. The third-order valence-electron chi connectivity index (χ3n) is 3.01. The number of aryl methyl sites for hydroxylation is 1. The first-order chi connectivity index (χ1) is 9.56. The number of amides is 1. The van der Waals surface area contributed by atoms with Crippen LogP contribution in [0.1, 0.15) is 28.6 Å². The van der Waals surface area contributed by atoms with Gasteiger partial charge in [-0.15, -0.1) is 11.3 Å². The van der Waals surface area contributed by atoms with Crippen molar-refractivity contribution in [3.05, 3.63) is 45.1 Å². The van der Waals surface area contributed by atoms with Crippen LogP contribution in [0.4, 0.5) is 11.4 Å². The van der Waals surface area contributed by atoms with Gasteiger partial charge in [0.05, 0.1) is 16.4 Å². The Balaban J connectivity index is 2.41. The number of nitrogens with zero attached hydrogens (tertiary/aromatic N) is 1. The van der Waals surface area contributed by atoms with Gasteiger partial charge in [-0.05, 0) is 36.4 Å². The van der Waals surface area contributed by atoms with E-state index in [9.17, 15) is 4.79 Å². The lowest BCUT2D eigenvalue weighted by Gasteiger charge is -2.23. The Morgan fingerprint density at radius 3 is 2.65 bits per heavy atom. The van der Waals surface area contributed by atoms with E-state index in [0.29, 0.717) is 22.1 Å². The highest BCUT2D eigenvalue weighted by molar-refractivity contribution is 7.13. The molecule has 0 saturated carbocycles. The molecule has 2 N–H and O–H groups in total. The smallest absolute Gasteiger partial charge is 0.269 e. The maximum absolute atomic E-state index is 12.7. The Labute approximate surface area is 128 Å². The zero-order chi connectivity index (χ0) is 14.7. The molecule has 0 unspecified atom stereocenters. The first-order valence-corrected chi connectivity index (χ1v) is 7.72. The number of anilines is 2. The summed E-state index contributed by atoms with van der Waals surface area (Å²) >= 11 is 7.58. The second-order valence-corrected chi connectivity index (χ2v) is 5.84. The summed E-state index contributed by atoms with van der Waals surface area (Å²) in [5.41, 5.74) is 8.25. The van der Waals surface area contributed by atoms with Crippen molar-refractivity contribution < 1.29 is 4.79 Å². The SMILES string of the molecule is CCCN(C(=O)c1scc(C)c1Cl)c1ccccc1N. The van der Waals surface area contributed by atoms with Crippen molar-refractivity contribution in [3.8, 4) is 0 Å². The lowest BCUT2D eigenvalue weighted by molar-refractivity contribution is 0.0991. The minimum absolute atomic E-state index is 0.0900. The lowest BCUT2D eigenvalue weighted by Crippen LogP contribution is -2.31. The molecule has 2 rings (SSSR count). The van der Waals surface area contributed by atoms with E-state index in [2.05, 4.69) is 0 Å². The quantitative estimate of drug-likeness (QED) is 0.854. The zero-order valence-electron chi connectivity index (χ0n) is 11.5. The highest BCUT2D eigenvalue weighted by Gasteiger charge is 2.23. The van der Waals surface area contributed by atoms with E-state index in [0.717, 1.165) is 17.7 Å². The Morgan fingerprint density at radius 1 is 1.40 bits per heavy atom. The first kappa shape index (κ1) is 14.9. The van der Waals surface area contributed by atoms with E-state index in [1.165, 1.54) is 11.3 Å². The van der Waals surface area contributed by atoms with Crippen LogP contribution in [-0.2, 0) is 0 Å². The van der Waals surface area contributed by atoms with Gasteiger partial charge in [-0.25, -0.2) is 0 Å². The van der Waals surface area contributed by atoms with Crippen LogP contribution in [0.5, 0.6) is 0 Å². The van der Waals surface area contributed by atoms with Crippen LogP contribution in [0.15, 0.2) is 29.6 Å². The molecular weight excluding hydrogens is 292 g/mol. The standard InChI is InChI=1S/C15H17ClN2OS/c1-3-8-18(12-7-5-4-6-11(12)17)15(19)14-13(16)10(2)9-20-14/h4-7,9H,3,8,17H2,1-2H3. The summed E-state index contributed by atoms with van der Waals surface area (Å²) < 4.78 is 0. The van der Waals surface area contributed by atoms with E-state index < -0.39 is 0 Å². The molecular formula is C15H17ClN2OS. The summed E-state index contributed by atoms with van der Waals surface area (Å²) in [6, 6.07) is 7.39. The van der Waals surface area contributed by atoms with Crippen molar-refractivity contribution >= 4 is 40.2 Å². The molecule has 0 aliphatic carbocycles. The average Bonchev–Trinajstić information content (AvgIpc) is 2.77. The summed E-state index contributed by atoms with van der Waals surface area (Å²) in [4.78, 5) is 15.0. The number of rotatable bonds is 4. The van der Waals surface area contributed by atoms with Crippen LogP contribution in [0, 0.1) is 6.92 Å². The van der Waals surface area contributed by atoms with E-state index in [4.69, 9.17) is 17.3 Å². The normalized spacial score (nSPS) is 10.6. The van der Waals surface area contributed by atoms with Crippen LogP contribution in [0.3, 0.4) is 0 Å². The number of para-hydroxylation sites is 2. The molecule has 0 radical (unpaired) electrons. The van der Waals surface area contributed by atoms with Crippen LogP contribution in [0.25, 0.3) is 0 Å². The van der Waals surface area contributed by atoms with Gasteiger partial charge < -0.3 is 10.6 Å². The molecule has 20 heavy (non-hydrogen) atoms. The fourth-order valence-electron chi connectivity index (χ4n) is 1.99. The molecule has 0 aliphatic heterocycles. The Kier molecular flexibility index (Phi) is 4.68. The van der Waals surface area contributed by atoms with E-state index >= 15 is 0 Å². The number of hydrogen-bond acceptors (Lipinski definition) is 3. The molecule has 1 aromatic carbocycles. The minimum atomic E-state index is -0.0900. The second-order valence-electron chi connectivity index (χ2n) is 4.58. The maximum Gasteiger partial charge on any atom is 0.269 e. The summed E-state index contributed by atoms with van der Waals surface area (Å²) in [6.07, 6.45) is 0.849. The van der Waals surface area contributed by atoms with Crippen molar-refractivity contribution in [2.45, 2.75) is 20.3 Å². The molecule has 0 fully saturated rings. The number of nitrogen functional groups attached to an aromatic ring is 1. The number of thiophene rings is 1. The average molecular weight is 309 g/mol. The van der Waals surface area contributed by atoms with Gasteiger partial charge in [-0.2, -0.15) is 0 Å². The fourth-order valence-corrected chi connectivity index (χ4v) is 3.21. The predicted octanol–water partition coefficient (Wildman–Crippen LogP) is 4.35. The highest BCUT2D eigenvalue weighted by Crippen LogP contribution is 2.31. The predicted molar refractivity (Wildman–Crippen MR) is 86.9 cm³/mol. The number of carbonyl (C=O) groups is 1. The minimum Gasteiger partial charge on any atom is -0.397 e. The Bertz CT molecular complexity index is 624. The molecule has 5 heteroatoms. The molecule has 1 heterocycles. The molecule has 106 valence electrons. The van der Waals surface area contributed by atoms with Crippen molar-refractivity contribution in [3.63, 3.8) is 0 Å². The molecule has 0 spiro atoms. The molecule has 0 aliphatic rings. The second kappa shape index (κ2) is 6.29. The monoisotopic (exact) mass is 308 g/mol. The summed E-state index contributed by atoms with van der Waals surface area (Å²) in [7, 11) is 0. The number of benzene rings is 1. The molecule has 1 amide bonds. The summed E-state index contributed by atoms with van der Waals surface area (Å²) in [6.45, 7) is 4.54. The van der Waals surface area contributed by atoms with Crippen LogP contribution < -0.4 is 10.6 Å². The highest BCUT2D eigenvalue weighted by atomic mass is 35.5. The van der Waals surface area contributed by atoms with Gasteiger partial charge in [0.15, 0.2) is 0 Å². The number of halogens is 1. The van der Waals surface area contributed by atoms with E-state index in [1.807, 2.05) is 37.4 Å². The van der Waals surface area contributed by atoms with Gasteiger partial charge in [-0.3, -0.25) is 4.79 Å². The number of hydrogen-bond donors (Lipinski definition) is 1. The topological polar surface area (TPSA) is 46.3 Å². The lowest BCUT2D eigenvalue weighted by atomic mass is 10.2. The van der Waals surface area contributed by atoms with E-state index in [-0.39, 0.29) is 5.91 Å². The third kappa shape index (κ3) is 2.81. The van der Waals surface area contributed by atoms with Crippen LogP contribution in [0.2, 0.25) is 5.02 Å². The number of nitrogens with two attached hydrogens (primary N) is 1. The molecule has 0 atom stereocenters. The van der Waals surface area contributed by atoms with Crippen molar-refractivity contribution in [1.82, 2.24) is 0 Å². The van der Waals surface area contributed by atoms with Crippen LogP contribution in [-0.4, -0.2) is 12.5 Å². The molecule has 1 aromatic heterocycles. The van der Waals surface area contributed by atoms with Gasteiger partial charge in [0.2, 0.25) is 0 Å².